The minimum absolute atomic E-state index is 0.373. The van der Waals surface area contributed by atoms with Gasteiger partial charge in [-0.3, -0.25) is 0 Å². The molecule has 0 saturated carbocycles. The van der Waals surface area contributed by atoms with Crippen molar-refractivity contribution in [3.63, 3.8) is 0 Å². The van der Waals surface area contributed by atoms with Crippen molar-refractivity contribution in [1.29, 1.82) is 0 Å². The van der Waals surface area contributed by atoms with Gasteiger partial charge in [-0.2, -0.15) is 0 Å². The molecule has 3 rings (SSSR count). The number of hydrogen-bond donors (Lipinski definition) is 0. The topological polar surface area (TPSA) is 56.5 Å². The van der Waals surface area contributed by atoms with Crippen molar-refractivity contribution in [3.05, 3.63) is 63.3 Å². The van der Waals surface area contributed by atoms with Gasteiger partial charge in [-0.25, -0.2) is 9.59 Å². The van der Waals surface area contributed by atoms with Crippen LogP contribution >= 0.6 is 11.3 Å². The third-order valence-electron chi connectivity index (χ3n) is 2.80. The van der Waals surface area contributed by atoms with Gasteiger partial charge >= 0.3 is 10.9 Å². The average molecular weight is 286 g/mol. The highest BCUT2D eigenvalue weighted by molar-refractivity contribution is 7.16. The second kappa shape index (κ2) is 4.94. The van der Waals surface area contributed by atoms with E-state index in [9.17, 15) is 9.59 Å². The summed E-state index contributed by atoms with van der Waals surface area (Å²) in [6, 6.07) is 12.0. The molecule has 0 unspecified atom stereocenters. The van der Waals surface area contributed by atoms with E-state index in [4.69, 9.17) is 9.15 Å². The summed E-state index contributed by atoms with van der Waals surface area (Å²) >= 11 is 0.978. The van der Waals surface area contributed by atoms with E-state index in [1.807, 2.05) is 19.1 Å². The van der Waals surface area contributed by atoms with E-state index in [2.05, 4.69) is 0 Å². The fraction of sp³-hybridized carbons (Fsp3) is 0.0667. The Morgan fingerprint density at radius 3 is 2.65 bits per heavy atom. The highest BCUT2D eigenvalue weighted by Gasteiger charge is 2.10. The van der Waals surface area contributed by atoms with Crippen molar-refractivity contribution >= 4 is 27.6 Å². The Kier molecular flexibility index (Phi) is 3.12. The number of carbonyl (C=O) groups excluding carboxylic acids is 1. The SMILES string of the molecule is Cc1ccc(C(=O)Oc2ccc3oc(=O)sc3c2)cc1. The van der Waals surface area contributed by atoms with E-state index in [0.29, 0.717) is 21.6 Å². The quantitative estimate of drug-likeness (QED) is 0.535. The van der Waals surface area contributed by atoms with E-state index < -0.39 is 5.97 Å². The van der Waals surface area contributed by atoms with Gasteiger partial charge in [-0.05, 0) is 31.2 Å². The summed E-state index contributed by atoms with van der Waals surface area (Å²) in [6.07, 6.45) is 0. The molecule has 0 bridgehead atoms. The maximum atomic E-state index is 12.0. The average Bonchev–Trinajstić information content (AvgIpc) is 2.78. The molecule has 100 valence electrons. The van der Waals surface area contributed by atoms with Crippen LogP contribution in [0.25, 0.3) is 10.3 Å². The first kappa shape index (κ1) is 12.6. The summed E-state index contributed by atoms with van der Waals surface area (Å²) in [7, 11) is 0. The molecule has 0 fully saturated rings. The summed E-state index contributed by atoms with van der Waals surface area (Å²) in [5, 5.41) is 0. The van der Waals surface area contributed by atoms with Crippen LogP contribution < -0.4 is 9.68 Å². The first-order chi connectivity index (χ1) is 9.61. The van der Waals surface area contributed by atoms with Gasteiger partial charge in [0, 0.05) is 6.07 Å². The minimum Gasteiger partial charge on any atom is -0.423 e. The molecule has 4 nitrogen and oxygen atoms in total. The number of rotatable bonds is 2. The molecule has 1 heterocycles. The molecule has 0 aliphatic carbocycles. The lowest BCUT2D eigenvalue weighted by Gasteiger charge is -2.04. The number of carbonyl (C=O) groups is 1. The van der Waals surface area contributed by atoms with Crippen molar-refractivity contribution < 1.29 is 13.9 Å². The second-order valence-corrected chi connectivity index (χ2v) is 5.30. The fourth-order valence-electron chi connectivity index (χ4n) is 1.77. The Hall–Kier alpha value is -2.40. The first-order valence-electron chi connectivity index (χ1n) is 5.94. The van der Waals surface area contributed by atoms with Crippen LogP contribution in [0.4, 0.5) is 0 Å². The number of hydrogen-bond acceptors (Lipinski definition) is 5. The van der Waals surface area contributed by atoms with E-state index >= 15 is 0 Å². The monoisotopic (exact) mass is 286 g/mol. The molecular formula is C15H10O4S. The van der Waals surface area contributed by atoms with Gasteiger partial charge in [0.2, 0.25) is 0 Å². The Balaban J connectivity index is 1.86. The van der Waals surface area contributed by atoms with Gasteiger partial charge in [-0.1, -0.05) is 29.0 Å². The molecule has 0 spiro atoms. The Labute approximate surface area is 118 Å². The molecule has 0 aliphatic heterocycles. The smallest absolute Gasteiger partial charge is 0.396 e. The molecule has 0 N–H and O–H groups in total. The zero-order valence-electron chi connectivity index (χ0n) is 10.6. The Morgan fingerprint density at radius 2 is 1.90 bits per heavy atom. The Bertz CT molecular complexity index is 827. The van der Waals surface area contributed by atoms with Crippen LogP contribution in [0.1, 0.15) is 15.9 Å². The summed E-state index contributed by atoms with van der Waals surface area (Å²) in [6.45, 7) is 1.95. The summed E-state index contributed by atoms with van der Waals surface area (Å²) in [5.41, 5.74) is 2.05. The normalized spacial score (nSPS) is 10.7. The zero-order chi connectivity index (χ0) is 14.1. The Morgan fingerprint density at radius 1 is 1.15 bits per heavy atom. The number of ether oxygens (including phenoxy) is 1. The van der Waals surface area contributed by atoms with Crippen molar-refractivity contribution in [1.82, 2.24) is 0 Å². The van der Waals surface area contributed by atoms with Crippen LogP contribution in [0.2, 0.25) is 0 Å². The van der Waals surface area contributed by atoms with Gasteiger partial charge < -0.3 is 9.15 Å². The van der Waals surface area contributed by atoms with Gasteiger partial charge in [0.15, 0.2) is 0 Å². The standard InChI is InChI=1S/C15H10O4S/c1-9-2-4-10(5-3-9)14(16)18-11-6-7-12-13(8-11)20-15(17)19-12/h2-8H,1H3. The lowest BCUT2D eigenvalue weighted by molar-refractivity contribution is 0.0735. The number of fused-ring (bicyclic) bond motifs is 1. The molecule has 0 amide bonds. The second-order valence-electron chi connectivity index (χ2n) is 4.32. The molecule has 0 saturated heterocycles. The maximum absolute atomic E-state index is 12.0. The molecule has 5 heteroatoms. The van der Waals surface area contributed by atoms with Gasteiger partial charge in [-0.15, -0.1) is 0 Å². The highest BCUT2D eigenvalue weighted by Crippen LogP contribution is 2.23. The van der Waals surface area contributed by atoms with Crippen LogP contribution in [-0.2, 0) is 0 Å². The molecule has 1 aromatic heterocycles. The predicted molar refractivity (Wildman–Crippen MR) is 76.5 cm³/mol. The van der Waals surface area contributed by atoms with Crippen LogP contribution in [0.5, 0.6) is 5.75 Å². The number of esters is 1. The lowest BCUT2D eigenvalue weighted by Crippen LogP contribution is -2.08. The zero-order valence-corrected chi connectivity index (χ0v) is 11.4. The van der Waals surface area contributed by atoms with Gasteiger partial charge in [0.25, 0.3) is 0 Å². The molecule has 20 heavy (non-hydrogen) atoms. The molecule has 3 aromatic rings. The summed E-state index contributed by atoms with van der Waals surface area (Å²) < 4.78 is 10.9. The van der Waals surface area contributed by atoms with Crippen LogP contribution in [0, 0.1) is 6.92 Å². The third kappa shape index (κ3) is 2.48. The van der Waals surface area contributed by atoms with Crippen molar-refractivity contribution in [2.24, 2.45) is 0 Å². The summed E-state index contributed by atoms with van der Waals surface area (Å²) in [5.74, 6) is -0.0414. The van der Waals surface area contributed by atoms with Crippen LogP contribution in [0.3, 0.4) is 0 Å². The third-order valence-corrected chi connectivity index (χ3v) is 3.59. The van der Waals surface area contributed by atoms with E-state index in [-0.39, 0.29) is 4.94 Å². The van der Waals surface area contributed by atoms with Crippen molar-refractivity contribution in [2.75, 3.05) is 0 Å². The molecule has 0 radical (unpaired) electrons. The number of aryl methyl sites for hydroxylation is 1. The maximum Gasteiger partial charge on any atom is 0.396 e. The van der Waals surface area contributed by atoms with Gasteiger partial charge in [0.05, 0.1) is 10.3 Å². The van der Waals surface area contributed by atoms with Crippen molar-refractivity contribution in [3.8, 4) is 5.75 Å². The lowest BCUT2D eigenvalue weighted by atomic mass is 10.1. The predicted octanol–water partition coefficient (Wildman–Crippen LogP) is 3.38. The minimum atomic E-state index is -0.430. The molecule has 0 aliphatic rings. The van der Waals surface area contributed by atoms with E-state index in [1.165, 1.54) is 0 Å². The fourth-order valence-corrected chi connectivity index (χ4v) is 2.47. The van der Waals surface area contributed by atoms with Crippen LogP contribution in [-0.4, -0.2) is 5.97 Å². The van der Waals surface area contributed by atoms with E-state index in [0.717, 1.165) is 16.9 Å². The highest BCUT2D eigenvalue weighted by atomic mass is 32.1. The molecular weight excluding hydrogens is 276 g/mol. The largest absolute Gasteiger partial charge is 0.423 e. The van der Waals surface area contributed by atoms with Crippen LogP contribution in [0.15, 0.2) is 51.7 Å². The van der Waals surface area contributed by atoms with Gasteiger partial charge in [0.1, 0.15) is 11.3 Å². The first-order valence-corrected chi connectivity index (χ1v) is 6.76. The van der Waals surface area contributed by atoms with Crippen molar-refractivity contribution in [2.45, 2.75) is 6.92 Å². The molecule has 2 aromatic carbocycles. The summed E-state index contributed by atoms with van der Waals surface area (Å²) in [4.78, 5) is 22.7. The molecule has 0 atom stereocenters. The number of benzene rings is 2. The van der Waals surface area contributed by atoms with E-state index in [1.54, 1.807) is 30.3 Å².